The number of allylic oxidation sites excluding steroid dienone is 1. The Morgan fingerprint density at radius 3 is 2.50 bits per heavy atom. The first-order chi connectivity index (χ1) is 7.41. The molecule has 1 aromatic rings. The summed E-state index contributed by atoms with van der Waals surface area (Å²) in [6.07, 6.45) is 1.93. The second kappa shape index (κ2) is 4.41. The summed E-state index contributed by atoms with van der Waals surface area (Å²) in [6, 6.07) is 7.90. The van der Waals surface area contributed by atoms with E-state index in [-0.39, 0.29) is 5.92 Å². The molecule has 0 amide bonds. The molecule has 0 bridgehead atoms. The van der Waals surface area contributed by atoms with Crippen LogP contribution < -0.4 is 4.90 Å². The average Bonchev–Trinajstić information content (AvgIpc) is 2.15. The lowest BCUT2D eigenvalue weighted by atomic mass is 9.95. The van der Waals surface area contributed by atoms with E-state index in [1.807, 2.05) is 42.4 Å². The molecule has 0 aromatic heterocycles. The van der Waals surface area contributed by atoms with Gasteiger partial charge in [0.05, 0.1) is 5.92 Å². The summed E-state index contributed by atoms with van der Waals surface area (Å²) in [6.45, 7) is 0. The van der Waals surface area contributed by atoms with Gasteiger partial charge in [0.2, 0.25) is 3.79 Å². The van der Waals surface area contributed by atoms with Crippen LogP contribution in [-0.4, -0.2) is 10.8 Å². The average molecular weight is 341 g/mol. The normalized spacial score (nSPS) is 20.4. The van der Waals surface area contributed by atoms with Gasteiger partial charge in [-0.2, -0.15) is 0 Å². The number of nitrogens with zero attached hydrogens (tertiary/aromatic N) is 1. The summed E-state index contributed by atoms with van der Waals surface area (Å²) in [5, 5.41) is 0. The van der Waals surface area contributed by atoms with Gasteiger partial charge in [0.15, 0.2) is 0 Å². The lowest BCUT2D eigenvalue weighted by molar-refractivity contribution is 0.836. The summed E-state index contributed by atoms with van der Waals surface area (Å²) in [5.74, 6) is -0.259. The largest absolute Gasteiger partial charge is 0.350 e. The molecule has 1 aromatic carbocycles. The molecule has 0 spiro atoms. The molecule has 0 saturated carbocycles. The highest BCUT2D eigenvalue weighted by molar-refractivity contribution is 9.11. The van der Waals surface area contributed by atoms with Gasteiger partial charge in [0.1, 0.15) is 0 Å². The highest BCUT2D eigenvalue weighted by atomic mass is 79.9. The van der Waals surface area contributed by atoms with E-state index >= 15 is 0 Å². The zero-order valence-electron chi connectivity index (χ0n) is 8.42. The Morgan fingerprint density at radius 2 is 1.88 bits per heavy atom. The minimum atomic E-state index is -1.35. The van der Waals surface area contributed by atoms with Gasteiger partial charge < -0.3 is 4.90 Å². The zero-order chi connectivity index (χ0) is 11.9. The third-order valence-electron chi connectivity index (χ3n) is 2.55. The predicted octanol–water partition coefficient (Wildman–Crippen LogP) is 4.83. The van der Waals surface area contributed by atoms with Crippen molar-refractivity contribution in [2.45, 2.75) is 9.71 Å². The minimum absolute atomic E-state index is 0.259. The van der Waals surface area contributed by atoms with Gasteiger partial charge >= 0.3 is 0 Å². The molecule has 1 atom stereocenters. The molecule has 2 rings (SSSR count). The Hall–Kier alpha value is 0.110. The number of halogens is 4. The van der Waals surface area contributed by atoms with Gasteiger partial charge in [-0.15, -0.1) is 0 Å². The Kier molecular flexibility index (Phi) is 3.47. The molecule has 1 unspecified atom stereocenters. The van der Waals surface area contributed by atoms with Crippen LogP contribution in [0.25, 0.3) is 0 Å². The maximum atomic E-state index is 6.02. The van der Waals surface area contributed by atoms with Gasteiger partial charge in [-0.3, -0.25) is 0 Å². The standard InChI is InChI=1S/C11H9BrCl3N/c1-16-6-8(12)10(11(13,14)15)7-4-2-3-5-9(7)16/h2-6,10H,1H3. The molecular formula is C11H9BrCl3N. The first-order valence-corrected chi connectivity index (χ1v) is 6.59. The van der Waals surface area contributed by atoms with Crippen molar-refractivity contribution < 1.29 is 0 Å². The first kappa shape index (κ1) is 12.6. The molecule has 1 aliphatic heterocycles. The van der Waals surface area contributed by atoms with Crippen LogP contribution >= 0.6 is 50.7 Å². The fraction of sp³-hybridized carbons (Fsp3) is 0.273. The van der Waals surface area contributed by atoms with Gasteiger partial charge in [0, 0.05) is 23.4 Å². The Bertz CT molecular complexity index is 439. The molecule has 1 heterocycles. The van der Waals surface area contributed by atoms with E-state index in [1.165, 1.54) is 0 Å². The van der Waals surface area contributed by atoms with E-state index in [1.54, 1.807) is 0 Å². The third-order valence-corrected chi connectivity index (χ3v) is 3.87. The van der Waals surface area contributed by atoms with E-state index in [0.29, 0.717) is 0 Å². The summed E-state index contributed by atoms with van der Waals surface area (Å²) in [7, 11) is 1.97. The van der Waals surface area contributed by atoms with Crippen molar-refractivity contribution in [2.75, 3.05) is 11.9 Å². The van der Waals surface area contributed by atoms with Crippen LogP contribution in [0.5, 0.6) is 0 Å². The fourth-order valence-corrected chi connectivity index (χ4v) is 3.86. The van der Waals surface area contributed by atoms with E-state index in [2.05, 4.69) is 15.9 Å². The first-order valence-electron chi connectivity index (χ1n) is 4.67. The Labute approximate surface area is 118 Å². The lowest BCUT2D eigenvalue weighted by Crippen LogP contribution is -2.26. The molecule has 5 heteroatoms. The molecule has 86 valence electrons. The van der Waals surface area contributed by atoms with Gasteiger partial charge in [-0.25, -0.2) is 0 Å². The molecule has 0 fully saturated rings. The second-order valence-electron chi connectivity index (χ2n) is 3.66. The number of hydrogen-bond acceptors (Lipinski definition) is 1. The number of rotatable bonds is 0. The maximum absolute atomic E-state index is 6.02. The summed E-state index contributed by atoms with van der Waals surface area (Å²) in [4.78, 5) is 2.01. The van der Waals surface area contributed by atoms with Crippen molar-refractivity contribution in [1.82, 2.24) is 0 Å². The number of benzene rings is 1. The van der Waals surface area contributed by atoms with Crippen LogP contribution in [0.15, 0.2) is 34.9 Å². The fourth-order valence-electron chi connectivity index (χ4n) is 1.86. The van der Waals surface area contributed by atoms with Gasteiger partial charge in [-0.05, 0) is 11.6 Å². The molecule has 1 nitrogen and oxygen atoms in total. The van der Waals surface area contributed by atoms with Crippen LogP contribution in [0.3, 0.4) is 0 Å². The topological polar surface area (TPSA) is 3.24 Å². The second-order valence-corrected chi connectivity index (χ2v) is 6.94. The van der Waals surface area contributed by atoms with E-state index < -0.39 is 3.79 Å². The van der Waals surface area contributed by atoms with Crippen molar-refractivity contribution in [3.05, 3.63) is 40.5 Å². The number of hydrogen-bond donors (Lipinski definition) is 0. The third kappa shape index (κ3) is 2.21. The van der Waals surface area contributed by atoms with Crippen LogP contribution in [0.4, 0.5) is 5.69 Å². The van der Waals surface area contributed by atoms with Crippen LogP contribution in [0, 0.1) is 0 Å². The molecular weight excluding hydrogens is 332 g/mol. The number of para-hydroxylation sites is 1. The maximum Gasteiger partial charge on any atom is 0.202 e. The molecule has 0 aliphatic carbocycles. The Balaban J connectivity index is 2.58. The smallest absolute Gasteiger partial charge is 0.202 e. The minimum Gasteiger partial charge on any atom is -0.350 e. The van der Waals surface area contributed by atoms with Crippen molar-refractivity contribution >= 4 is 56.4 Å². The predicted molar refractivity (Wildman–Crippen MR) is 74.9 cm³/mol. The molecule has 16 heavy (non-hydrogen) atoms. The summed E-state index contributed by atoms with van der Waals surface area (Å²) >= 11 is 21.5. The van der Waals surface area contributed by atoms with Gasteiger partial charge in [-0.1, -0.05) is 68.9 Å². The van der Waals surface area contributed by atoms with Gasteiger partial charge in [0.25, 0.3) is 0 Å². The number of fused-ring (bicyclic) bond motifs is 1. The van der Waals surface area contributed by atoms with E-state index in [4.69, 9.17) is 34.8 Å². The summed E-state index contributed by atoms with van der Waals surface area (Å²) in [5.41, 5.74) is 2.07. The molecule has 0 radical (unpaired) electrons. The van der Waals surface area contributed by atoms with Crippen molar-refractivity contribution in [1.29, 1.82) is 0 Å². The zero-order valence-corrected chi connectivity index (χ0v) is 12.3. The number of alkyl halides is 3. The van der Waals surface area contributed by atoms with Crippen molar-refractivity contribution in [3.8, 4) is 0 Å². The van der Waals surface area contributed by atoms with Crippen LogP contribution in [0.1, 0.15) is 11.5 Å². The van der Waals surface area contributed by atoms with Crippen molar-refractivity contribution in [3.63, 3.8) is 0 Å². The monoisotopic (exact) mass is 339 g/mol. The molecule has 1 aliphatic rings. The van der Waals surface area contributed by atoms with E-state index in [0.717, 1.165) is 15.7 Å². The number of anilines is 1. The molecule has 0 N–H and O–H groups in total. The van der Waals surface area contributed by atoms with Crippen LogP contribution in [-0.2, 0) is 0 Å². The summed E-state index contributed by atoms with van der Waals surface area (Å²) < 4.78 is -0.485. The highest BCUT2D eigenvalue weighted by Gasteiger charge is 2.39. The Morgan fingerprint density at radius 1 is 1.25 bits per heavy atom. The van der Waals surface area contributed by atoms with E-state index in [9.17, 15) is 0 Å². The quantitative estimate of drug-likeness (QED) is 0.611. The highest BCUT2D eigenvalue weighted by Crippen LogP contribution is 2.51. The molecule has 0 saturated heterocycles. The van der Waals surface area contributed by atoms with Crippen molar-refractivity contribution in [2.24, 2.45) is 0 Å². The SMILES string of the molecule is CN1C=C(Br)C(C(Cl)(Cl)Cl)c2ccccc21. The van der Waals surface area contributed by atoms with Crippen LogP contribution in [0.2, 0.25) is 0 Å². The lowest BCUT2D eigenvalue weighted by Gasteiger charge is -2.33.